The number of piperidine rings is 1. The minimum atomic E-state index is -2.03. The maximum Gasteiger partial charge on any atom is 0.144 e. The van der Waals surface area contributed by atoms with Crippen LogP contribution in [0.4, 0.5) is 0 Å². The van der Waals surface area contributed by atoms with Gasteiger partial charge in [-0.05, 0) is 26.7 Å². The first-order valence-electron chi connectivity index (χ1n) is 4.67. The first kappa shape index (κ1) is 10.3. The van der Waals surface area contributed by atoms with Crippen molar-refractivity contribution >= 4 is 7.29 Å². The van der Waals surface area contributed by atoms with Gasteiger partial charge in [0.2, 0.25) is 0 Å². The lowest BCUT2D eigenvalue weighted by Gasteiger charge is -2.44. The van der Waals surface area contributed by atoms with Crippen LogP contribution in [0.2, 0.25) is 0 Å². The Labute approximate surface area is 75.8 Å². The maximum atomic E-state index is 11.9. The van der Waals surface area contributed by atoms with Crippen LogP contribution in [-0.2, 0) is 4.57 Å². The molecule has 1 saturated heterocycles. The molecular weight excluding hydrogens is 169 g/mol. The molecule has 12 heavy (non-hydrogen) atoms. The summed E-state index contributed by atoms with van der Waals surface area (Å²) in [6.45, 7) is 9.16. The van der Waals surface area contributed by atoms with E-state index in [0.717, 1.165) is 6.54 Å². The lowest BCUT2D eigenvalue weighted by molar-refractivity contribution is 0.169. The molecule has 0 aliphatic carbocycles. The minimum Gasteiger partial charge on any atom is -0.307 e. The summed E-state index contributed by atoms with van der Waals surface area (Å²) in [5, 5.41) is 0. The van der Waals surface area contributed by atoms with E-state index in [9.17, 15) is 4.57 Å². The van der Waals surface area contributed by atoms with Crippen LogP contribution in [0.1, 0.15) is 33.1 Å². The molecule has 0 bridgehead atoms. The summed E-state index contributed by atoms with van der Waals surface area (Å²) in [5.41, 5.74) is 0.150. The van der Waals surface area contributed by atoms with Crippen LogP contribution in [0.3, 0.4) is 0 Å². The van der Waals surface area contributed by atoms with Gasteiger partial charge < -0.3 is 4.57 Å². The van der Waals surface area contributed by atoms with Crippen molar-refractivity contribution in [1.29, 1.82) is 0 Å². The van der Waals surface area contributed by atoms with Gasteiger partial charge in [-0.2, -0.15) is 0 Å². The Bertz CT molecular complexity index is 207. The smallest absolute Gasteiger partial charge is 0.144 e. The SMILES string of the molecule is CC1(C)CCCCN1P(C)(C)=O. The predicted octanol–water partition coefficient (Wildman–Crippen LogP) is 2.79. The Morgan fingerprint density at radius 1 is 1.25 bits per heavy atom. The highest BCUT2D eigenvalue weighted by molar-refractivity contribution is 7.59. The fraction of sp³-hybridized carbons (Fsp3) is 1.00. The largest absolute Gasteiger partial charge is 0.307 e. The van der Waals surface area contributed by atoms with Crippen LogP contribution in [-0.4, -0.2) is 30.1 Å². The lowest BCUT2D eigenvalue weighted by Crippen LogP contribution is -2.44. The molecule has 3 heteroatoms. The third kappa shape index (κ3) is 2.11. The second-order valence-electron chi connectivity index (χ2n) is 4.69. The Morgan fingerprint density at radius 3 is 2.17 bits per heavy atom. The first-order chi connectivity index (χ1) is 5.34. The van der Waals surface area contributed by atoms with Gasteiger partial charge in [0.05, 0.1) is 0 Å². The fourth-order valence-electron chi connectivity index (χ4n) is 2.14. The molecule has 0 N–H and O–H groups in total. The Kier molecular flexibility index (Phi) is 2.70. The maximum absolute atomic E-state index is 11.9. The van der Waals surface area contributed by atoms with E-state index in [4.69, 9.17) is 0 Å². The van der Waals surface area contributed by atoms with Crippen molar-refractivity contribution in [3.63, 3.8) is 0 Å². The molecule has 1 aliphatic heterocycles. The molecule has 0 atom stereocenters. The molecule has 0 aromatic heterocycles. The van der Waals surface area contributed by atoms with Crippen molar-refractivity contribution in [3.8, 4) is 0 Å². The van der Waals surface area contributed by atoms with Gasteiger partial charge in [-0.15, -0.1) is 0 Å². The van der Waals surface area contributed by atoms with E-state index in [0.29, 0.717) is 0 Å². The van der Waals surface area contributed by atoms with Gasteiger partial charge in [-0.3, -0.25) is 0 Å². The first-order valence-corrected chi connectivity index (χ1v) is 7.22. The van der Waals surface area contributed by atoms with Gasteiger partial charge in [0.15, 0.2) is 0 Å². The molecule has 1 rings (SSSR count). The average molecular weight is 189 g/mol. The molecule has 0 aromatic carbocycles. The Hall–Kier alpha value is 0.190. The summed E-state index contributed by atoms with van der Waals surface area (Å²) in [4.78, 5) is 0. The molecule has 1 aliphatic rings. The second-order valence-corrected chi connectivity index (χ2v) is 7.76. The summed E-state index contributed by atoms with van der Waals surface area (Å²) in [6.07, 6.45) is 3.66. The zero-order valence-electron chi connectivity index (χ0n) is 8.63. The number of hydrogen-bond donors (Lipinski definition) is 0. The van der Waals surface area contributed by atoms with Crippen molar-refractivity contribution in [2.45, 2.75) is 38.6 Å². The molecule has 0 amide bonds. The summed E-state index contributed by atoms with van der Waals surface area (Å²) in [5.74, 6) is 0. The highest BCUT2D eigenvalue weighted by atomic mass is 31.2. The highest BCUT2D eigenvalue weighted by Crippen LogP contribution is 2.49. The predicted molar refractivity (Wildman–Crippen MR) is 54.1 cm³/mol. The number of rotatable bonds is 1. The average Bonchev–Trinajstić information content (AvgIpc) is 1.83. The standard InChI is InChI=1S/C9H20NOP/c1-9(2)7-5-6-8-10(9)12(3,4)11/h5-8H2,1-4H3. The molecule has 72 valence electrons. The van der Waals surface area contributed by atoms with Gasteiger partial charge in [-0.1, -0.05) is 6.42 Å². The van der Waals surface area contributed by atoms with Crippen molar-refractivity contribution in [2.75, 3.05) is 19.9 Å². The van der Waals surface area contributed by atoms with Crippen molar-refractivity contribution in [1.82, 2.24) is 4.67 Å². The van der Waals surface area contributed by atoms with Gasteiger partial charge in [0, 0.05) is 25.4 Å². The lowest BCUT2D eigenvalue weighted by atomic mass is 9.93. The van der Waals surface area contributed by atoms with E-state index < -0.39 is 7.29 Å². The van der Waals surface area contributed by atoms with E-state index in [1.165, 1.54) is 19.3 Å². The van der Waals surface area contributed by atoms with Crippen LogP contribution >= 0.6 is 7.29 Å². The van der Waals surface area contributed by atoms with Crippen molar-refractivity contribution < 1.29 is 4.57 Å². The minimum absolute atomic E-state index is 0.150. The summed E-state index contributed by atoms with van der Waals surface area (Å²) < 4.78 is 14.1. The Morgan fingerprint density at radius 2 is 1.83 bits per heavy atom. The van der Waals surface area contributed by atoms with E-state index >= 15 is 0 Å². The third-order valence-corrected chi connectivity index (χ3v) is 4.59. The van der Waals surface area contributed by atoms with Gasteiger partial charge in [-0.25, -0.2) is 4.67 Å². The molecule has 0 unspecified atom stereocenters. The third-order valence-electron chi connectivity index (χ3n) is 2.69. The topological polar surface area (TPSA) is 20.3 Å². The van der Waals surface area contributed by atoms with Crippen LogP contribution in [0.15, 0.2) is 0 Å². The van der Waals surface area contributed by atoms with Gasteiger partial charge >= 0.3 is 0 Å². The fourth-order valence-corrected chi connectivity index (χ4v) is 4.17. The van der Waals surface area contributed by atoms with E-state index in [-0.39, 0.29) is 5.54 Å². The molecule has 2 nitrogen and oxygen atoms in total. The number of hydrogen-bond acceptors (Lipinski definition) is 1. The molecule has 0 radical (unpaired) electrons. The monoisotopic (exact) mass is 189 g/mol. The van der Waals surface area contributed by atoms with E-state index in [2.05, 4.69) is 18.5 Å². The highest BCUT2D eigenvalue weighted by Gasteiger charge is 2.36. The second kappa shape index (κ2) is 3.16. The quantitative estimate of drug-likeness (QED) is 0.591. The zero-order valence-corrected chi connectivity index (χ0v) is 9.53. The normalized spacial score (nSPS) is 25.7. The summed E-state index contributed by atoms with van der Waals surface area (Å²) in [6, 6.07) is 0. The van der Waals surface area contributed by atoms with Crippen LogP contribution in [0, 0.1) is 0 Å². The molecule has 1 fully saturated rings. The molecular formula is C9H20NOP. The molecule has 0 saturated carbocycles. The molecule has 1 heterocycles. The van der Waals surface area contributed by atoms with Crippen LogP contribution < -0.4 is 0 Å². The molecule has 0 spiro atoms. The zero-order chi connectivity index (χ0) is 9.41. The van der Waals surface area contributed by atoms with Crippen LogP contribution in [0.25, 0.3) is 0 Å². The Balaban J connectivity index is 2.80. The summed E-state index contributed by atoms with van der Waals surface area (Å²) >= 11 is 0. The number of nitrogens with zero attached hydrogens (tertiary/aromatic N) is 1. The summed E-state index contributed by atoms with van der Waals surface area (Å²) in [7, 11) is -2.03. The van der Waals surface area contributed by atoms with Gasteiger partial charge in [0.1, 0.15) is 7.29 Å². The van der Waals surface area contributed by atoms with Crippen molar-refractivity contribution in [2.24, 2.45) is 0 Å². The van der Waals surface area contributed by atoms with Gasteiger partial charge in [0.25, 0.3) is 0 Å². The molecule has 0 aromatic rings. The van der Waals surface area contributed by atoms with E-state index in [1.54, 1.807) is 0 Å². The van der Waals surface area contributed by atoms with Crippen LogP contribution in [0.5, 0.6) is 0 Å². The van der Waals surface area contributed by atoms with Crippen molar-refractivity contribution in [3.05, 3.63) is 0 Å². The van der Waals surface area contributed by atoms with E-state index in [1.807, 2.05) is 13.3 Å².